The Morgan fingerprint density at radius 1 is 0.926 bits per heavy atom. The molecule has 0 aliphatic carbocycles. The number of para-hydroxylation sites is 2. The van der Waals surface area contributed by atoms with Crippen LogP contribution in [0.2, 0.25) is 0 Å². The number of nitrogens with one attached hydrogen (secondary N) is 1. The highest BCUT2D eigenvalue weighted by Crippen LogP contribution is 2.16. The molecule has 6 heteroatoms. The van der Waals surface area contributed by atoms with Gasteiger partial charge in [0.1, 0.15) is 0 Å². The van der Waals surface area contributed by atoms with Crippen LogP contribution in [-0.2, 0) is 6.54 Å². The summed E-state index contributed by atoms with van der Waals surface area (Å²) in [6, 6.07) is 17.7. The molecule has 1 aliphatic heterocycles. The highest BCUT2D eigenvalue weighted by Gasteiger charge is 2.22. The van der Waals surface area contributed by atoms with Crippen LogP contribution in [0.25, 0.3) is 10.9 Å². The maximum Gasteiger partial charge on any atom is 0.328 e. The molecule has 0 amide bonds. The van der Waals surface area contributed by atoms with Gasteiger partial charge in [-0.15, -0.1) is 0 Å². The first-order valence-corrected chi connectivity index (χ1v) is 9.39. The first-order valence-electron chi connectivity index (χ1n) is 9.39. The van der Waals surface area contributed by atoms with E-state index in [-0.39, 0.29) is 17.3 Å². The highest BCUT2D eigenvalue weighted by molar-refractivity contribution is 5.76. The SMILES string of the molecule is CC(Cn1c(=O)[nH]c2ccccc2c1=O)N1CCN(c2ccccc2)CC1. The van der Waals surface area contributed by atoms with E-state index in [0.29, 0.717) is 17.4 Å². The molecule has 1 fully saturated rings. The van der Waals surface area contributed by atoms with E-state index in [0.717, 1.165) is 26.2 Å². The molecule has 2 heterocycles. The molecule has 2 aromatic carbocycles. The lowest BCUT2D eigenvalue weighted by Crippen LogP contribution is -2.52. The van der Waals surface area contributed by atoms with Crippen molar-refractivity contribution in [3.63, 3.8) is 0 Å². The van der Waals surface area contributed by atoms with Crippen molar-refractivity contribution >= 4 is 16.6 Å². The van der Waals surface area contributed by atoms with Crippen LogP contribution in [0, 0.1) is 0 Å². The van der Waals surface area contributed by atoms with E-state index < -0.39 is 0 Å². The van der Waals surface area contributed by atoms with Crippen LogP contribution >= 0.6 is 0 Å². The summed E-state index contributed by atoms with van der Waals surface area (Å²) in [4.78, 5) is 32.6. The minimum atomic E-state index is -0.339. The maximum atomic E-state index is 12.7. The molecule has 0 radical (unpaired) electrons. The van der Waals surface area contributed by atoms with E-state index in [4.69, 9.17) is 0 Å². The summed E-state index contributed by atoms with van der Waals surface area (Å²) < 4.78 is 1.33. The van der Waals surface area contributed by atoms with Crippen molar-refractivity contribution in [3.8, 4) is 0 Å². The van der Waals surface area contributed by atoms with Gasteiger partial charge in [0, 0.05) is 44.5 Å². The van der Waals surface area contributed by atoms with E-state index in [1.807, 2.05) is 18.2 Å². The second kappa shape index (κ2) is 7.40. The average molecular weight is 364 g/mol. The quantitative estimate of drug-likeness (QED) is 0.768. The standard InChI is InChI=1S/C21H24N4O2/c1-16(23-11-13-24(14-12-23)17-7-3-2-4-8-17)15-25-20(26)18-9-5-6-10-19(18)22-21(25)27/h2-10,16H,11-15H2,1H3,(H,22,27). The van der Waals surface area contributed by atoms with Crippen LogP contribution in [-0.4, -0.2) is 46.7 Å². The van der Waals surface area contributed by atoms with Gasteiger partial charge in [-0.3, -0.25) is 14.3 Å². The van der Waals surface area contributed by atoms with E-state index in [2.05, 4.69) is 46.0 Å². The molecule has 0 spiro atoms. The monoisotopic (exact) mass is 364 g/mol. The summed E-state index contributed by atoms with van der Waals surface area (Å²) in [5.74, 6) is 0. The molecular formula is C21H24N4O2. The van der Waals surface area contributed by atoms with Crippen molar-refractivity contribution in [3.05, 3.63) is 75.4 Å². The molecule has 140 valence electrons. The molecule has 0 saturated carbocycles. The van der Waals surface area contributed by atoms with Crippen LogP contribution in [0.3, 0.4) is 0 Å². The Balaban J connectivity index is 1.47. The third-order valence-electron chi connectivity index (χ3n) is 5.40. The Morgan fingerprint density at radius 3 is 2.33 bits per heavy atom. The molecule has 1 saturated heterocycles. The Kier molecular flexibility index (Phi) is 4.81. The Hall–Kier alpha value is -2.86. The number of benzene rings is 2. The largest absolute Gasteiger partial charge is 0.369 e. The molecule has 27 heavy (non-hydrogen) atoms. The molecule has 1 atom stereocenters. The molecule has 1 N–H and O–H groups in total. The Morgan fingerprint density at radius 2 is 1.59 bits per heavy atom. The summed E-state index contributed by atoms with van der Waals surface area (Å²) in [5.41, 5.74) is 1.28. The average Bonchev–Trinajstić information content (AvgIpc) is 2.72. The predicted molar refractivity (Wildman–Crippen MR) is 109 cm³/mol. The summed E-state index contributed by atoms with van der Waals surface area (Å²) in [7, 11) is 0. The van der Waals surface area contributed by atoms with E-state index in [1.165, 1.54) is 10.3 Å². The summed E-state index contributed by atoms with van der Waals surface area (Å²) in [6.45, 7) is 6.19. The topological polar surface area (TPSA) is 61.3 Å². The number of hydrogen-bond acceptors (Lipinski definition) is 4. The lowest BCUT2D eigenvalue weighted by Gasteiger charge is -2.39. The van der Waals surface area contributed by atoms with Gasteiger partial charge in [-0.1, -0.05) is 30.3 Å². The molecule has 6 nitrogen and oxygen atoms in total. The number of piperazine rings is 1. The highest BCUT2D eigenvalue weighted by atomic mass is 16.2. The van der Waals surface area contributed by atoms with E-state index >= 15 is 0 Å². The summed E-state index contributed by atoms with van der Waals surface area (Å²) in [5, 5.41) is 0.554. The number of rotatable bonds is 4. The molecule has 4 rings (SSSR count). The Labute approximate surface area is 157 Å². The number of nitrogens with zero attached hydrogens (tertiary/aromatic N) is 3. The molecule has 1 unspecified atom stereocenters. The zero-order valence-electron chi connectivity index (χ0n) is 15.5. The van der Waals surface area contributed by atoms with Gasteiger partial charge in [-0.05, 0) is 31.2 Å². The number of aromatic nitrogens is 2. The minimum absolute atomic E-state index is 0.114. The fraction of sp³-hybridized carbons (Fsp3) is 0.333. The maximum absolute atomic E-state index is 12.7. The van der Waals surface area contributed by atoms with Gasteiger partial charge in [0.05, 0.1) is 10.9 Å². The van der Waals surface area contributed by atoms with E-state index in [1.54, 1.807) is 12.1 Å². The number of H-pyrrole nitrogens is 1. The first-order chi connectivity index (χ1) is 13.1. The van der Waals surface area contributed by atoms with Crippen LogP contribution in [0.4, 0.5) is 5.69 Å². The van der Waals surface area contributed by atoms with E-state index in [9.17, 15) is 9.59 Å². The number of aromatic amines is 1. The first kappa shape index (κ1) is 17.5. The predicted octanol–water partition coefficient (Wildman–Crippen LogP) is 1.90. The normalized spacial score (nSPS) is 16.6. The van der Waals surface area contributed by atoms with Crippen LogP contribution in [0.1, 0.15) is 6.92 Å². The molecule has 1 aliphatic rings. The van der Waals surface area contributed by atoms with Crippen molar-refractivity contribution in [2.24, 2.45) is 0 Å². The number of fused-ring (bicyclic) bond motifs is 1. The fourth-order valence-corrected chi connectivity index (χ4v) is 3.80. The number of hydrogen-bond donors (Lipinski definition) is 1. The van der Waals surface area contributed by atoms with Gasteiger partial charge in [0.25, 0.3) is 5.56 Å². The minimum Gasteiger partial charge on any atom is -0.369 e. The van der Waals surface area contributed by atoms with Crippen molar-refractivity contribution in [2.45, 2.75) is 19.5 Å². The molecule has 1 aromatic heterocycles. The summed E-state index contributed by atoms with van der Waals surface area (Å²) in [6.07, 6.45) is 0. The van der Waals surface area contributed by atoms with Gasteiger partial charge in [0.2, 0.25) is 0 Å². The lowest BCUT2D eigenvalue weighted by molar-refractivity contribution is 0.178. The summed E-state index contributed by atoms with van der Waals surface area (Å²) >= 11 is 0. The Bertz CT molecular complexity index is 1030. The third-order valence-corrected chi connectivity index (χ3v) is 5.40. The second-order valence-electron chi connectivity index (χ2n) is 7.10. The zero-order valence-corrected chi connectivity index (χ0v) is 15.5. The van der Waals surface area contributed by atoms with Crippen molar-refractivity contribution in [1.29, 1.82) is 0 Å². The second-order valence-corrected chi connectivity index (χ2v) is 7.10. The van der Waals surface area contributed by atoms with Gasteiger partial charge < -0.3 is 9.88 Å². The van der Waals surface area contributed by atoms with Crippen molar-refractivity contribution < 1.29 is 0 Å². The van der Waals surface area contributed by atoms with Gasteiger partial charge in [0.15, 0.2) is 0 Å². The lowest BCUT2D eigenvalue weighted by atomic mass is 10.2. The van der Waals surface area contributed by atoms with Gasteiger partial charge in [-0.25, -0.2) is 4.79 Å². The molecule has 0 bridgehead atoms. The van der Waals surface area contributed by atoms with Crippen molar-refractivity contribution in [2.75, 3.05) is 31.1 Å². The molecule has 3 aromatic rings. The fourth-order valence-electron chi connectivity index (χ4n) is 3.80. The van der Waals surface area contributed by atoms with Crippen LogP contribution in [0.5, 0.6) is 0 Å². The smallest absolute Gasteiger partial charge is 0.328 e. The zero-order chi connectivity index (χ0) is 18.8. The molecular weight excluding hydrogens is 340 g/mol. The third kappa shape index (κ3) is 3.53. The van der Waals surface area contributed by atoms with Crippen LogP contribution in [0.15, 0.2) is 64.2 Å². The van der Waals surface area contributed by atoms with Gasteiger partial charge >= 0.3 is 5.69 Å². The number of anilines is 1. The van der Waals surface area contributed by atoms with Crippen molar-refractivity contribution in [1.82, 2.24) is 14.5 Å². The van der Waals surface area contributed by atoms with Gasteiger partial charge in [-0.2, -0.15) is 0 Å². The van der Waals surface area contributed by atoms with Crippen LogP contribution < -0.4 is 16.1 Å².